The molecule has 1 aliphatic heterocycles. The van der Waals surface area contributed by atoms with Crippen LogP contribution in [0, 0.1) is 0 Å². The smallest absolute Gasteiger partial charge is 0.267 e. The SMILES string of the molecule is NC(=O)c1cccc(C2CCCN(CCc3ccccc3)C2)n1. The van der Waals surface area contributed by atoms with Gasteiger partial charge < -0.3 is 10.6 Å². The molecule has 1 fully saturated rings. The molecular formula is C19H23N3O. The second-order valence-electron chi connectivity index (χ2n) is 6.19. The first-order valence-electron chi connectivity index (χ1n) is 8.25. The molecule has 2 N–H and O–H groups in total. The molecule has 1 aliphatic rings. The van der Waals surface area contributed by atoms with Crippen molar-refractivity contribution < 1.29 is 4.79 Å². The lowest BCUT2D eigenvalue weighted by molar-refractivity contribution is 0.0995. The van der Waals surface area contributed by atoms with Crippen LogP contribution in [-0.4, -0.2) is 35.4 Å². The van der Waals surface area contributed by atoms with Gasteiger partial charge in [-0.3, -0.25) is 4.79 Å². The fourth-order valence-corrected chi connectivity index (χ4v) is 3.25. The molecule has 1 amide bonds. The van der Waals surface area contributed by atoms with E-state index >= 15 is 0 Å². The van der Waals surface area contributed by atoms with Crippen LogP contribution in [0.25, 0.3) is 0 Å². The summed E-state index contributed by atoms with van der Waals surface area (Å²) in [5.74, 6) is -0.0672. The molecule has 120 valence electrons. The number of piperidine rings is 1. The van der Waals surface area contributed by atoms with E-state index in [1.54, 1.807) is 6.07 Å². The summed E-state index contributed by atoms with van der Waals surface area (Å²) in [7, 11) is 0. The number of carbonyl (C=O) groups is 1. The molecule has 4 nitrogen and oxygen atoms in total. The van der Waals surface area contributed by atoms with Crippen LogP contribution < -0.4 is 5.73 Å². The van der Waals surface area contributed by atoms with Crippen LogP contribution in [-0.2, 0) is 6.42 Å². The Bertz CT molecular complexity index is 657. The Morgan fingerprint density at radius 2 is 2.00 bits per heavy atom. The van der Waals surface area contributed by atoms with E-state index < -0.39 is 5.91 Å². The molecule has 1 unspecified atom stereocenters. The summed E-state index contributed by atoms with van der Waals surface area (Å²) in [6.45, 7) is 3.21. The summed E-state index contributed by atoms with van der Waals surface area (Å²) in [6, 6.07) is 16.2. The number of benzene rings is 1. The van der Waals surface area contributed by atoms with Crippen molar-refractivity contribution in [2.45, 2.75) is 25.2 Å². The van der Waals surface area contributed by atoms with Crippen molar-refractivity contribution >= 4 is 5.91 Å². The van der Waals surface area contributed by atoms with Gasteiger partial charge in [0.1, 0.15) is 5.69 Å². The van der Waals surface area contributed by atoms with Crippen molar-refractivity contribution in [3.8, 4) is 0 Å². The highest BCUT2D eigenvalue weighted by Crippen LogP contribution is 2.25. The van der Waals surface area contributed by atoms with E-state index in [2.05, 4.69) is 40.2 Å². The third kappa shape index (κ3) is 4.17. The molecule has 2 heterocycles. The zero-order chi connectivity index (χ0) is 16.1. The van der Waals surface area contributed by atoms with Crippen LogP contribution in [0.15, 0.2) is 48.5 Å². The Labute approximate surface area is 137 Å². The molecule has 1 atom stereocenters. The Kier molecular flexibility index (Phi) is 5.03. The number of rotatable bonds is 5. The summed E-state index contributed by atoms with van der Waals surface area (Å²) in [5.41, 5.74) is 8.07. The van der Waals surface area contributed by atoms with Crippen LogP contribution in [0.4, 0.5) is 0 Å². The topological polar surface area (TPSA) is 59.2 Å². The molecule has 0 spiro atoms. The Balaban J connectivity index is 1.62. The maximum absolute atomic E-state index is 11.3. The van der Waals surface area contributed by atoms with E-state index in [4.69, 9.17) is 5.73 Å². The maximum Gasteiger partial charge on any atom is 0.267 e. The lowest BCUT2D eigenvalue weighted by Crippen LogP contribution is -2.36. The number of amides is 1. The number of likely N-dealkylation sites (tertiary alicyclic amines) is 1. The lowest BCUT2D eigenvalue weighted by atomic mass is 9.93. The zero-order valence-corrected chi connectivity index (χ0v) is 13.3. The Morgan fingerprint density at radius 3 is 2.78 bits per heavy atom. The molecule has 0 radical (unpaired) electrons. The molecule has 23 heavy (non-hydrogen) atoms. The number of hydrogen-bond donors (Lipinski definition) is 1. The van der Waals surface area contributed by atoms with Crippen LogP contribution in [0.2, 0.25) is 0 Å². The molecular weight excluding hydrogens is 286 g/mol. The van der Waals surface area contributed by atoms with Crippen LogP contribution in [0.3, 0.4) is 0 Å². The molecule has 0 aliphatic carbocycles. The number of pyridine rings is 1. The van der Waals surface area contributed by atoms with E-state index in [1.807, 2.05) is 12.1 Å². The van der Waals surface area contributed by atoms with Crippen LogP contribution in [0.1, 0.15) is 40.5 Å². The van der Waals surface area contributed by atoms with Crippen molar-refractivity contribution in [2.24, 2.45) is 5.73 Å². The highest BCUT2D eigenvalue weighted by Gasteiger charge is 2.22. The molecule has 1 saturated heterocycles. The van der Waals surface area contributed by atoms with Gasteiger partial charge in [-0.25, -0.2) is 4.98 Å². The molecule has 1 aromatic heterocycles. The van der Waals surface area contributed by atoms with E-state index in [1.165, 1.54) is 12.0 Å². The first-order chi connectivity index (χ1) is 11.2. The first-order valence-corrected chi connectivity index (χ1v) is 8.25. The number of aromatic nitrogens is 1. The normalized spacial score (nSPS) is 18.7. The second-order valence-corrected chi connectivity index (χ2v) is 6.19. The highest BCUT2D eigenvalue weighted by molar-refractivity contribution is 5.90. The average Bonchev–Trinajstić information content (AvgIpc) is 2.61. The van der Waals surface area contributed by atoms with Crippen LogP contribution >= 0.6 is 0 Å². The number of nitrogens with two attached hydrogens (primary N) is 1. The van der Waals surface area contributed by atoms with Crippen molar-refractivity contribution in [3.63, 3.8) is 0 Å². The van der Waals surface area contributed by atoms with Crippen molar-refractivity contribution in [1.82, 2.24) is 9.88 Å². The minimum atomic E-state index is -0.455. The summed E-state index contributed by atoms with van der Waals surface area (Å²) in [5, 5.41) is 0. The molecule has 2 aromatic rings. The fraction of sp³-hybridized carbons (Fsp3) is 0.368. The largest absolute Gasteiger partial charge is 0.364 e. The number of carbonyl (C=O) groups excluding carboxylic acids is 1. The lowest BCUT2D eigenvalue weighted by Gasteiger charge is -2.32. The molecule has 4 heteroatoms. The maximum atomic E-state index is 11.3. The molecule has 1 aromatic carbocycles. The summed E-state index contributed by atoms with van der Waals surface area (Å²) in [4.78, 5) is 18.3. The average molecular weight is 309 g/mol. The second kappa shape index (κ2) is 7.38. The molecule has 0 bridgehead atoms. The predicted octanol–water partition coefficient (Wildman–Crippen LogP) is 2.60. The van der Waals surface area contributed by atoms with Gasteiger partial charge in [-0.15, -0.1) is 0 Å². The van der Waals surface area contributed by atoms with E-state index in [9.17, 15) is 4.79 Å². The summed E-state index contributed by atoms with van der Waals surface area (Å²) >= 11 is 0. The van der Waals surface area contributed by atoms with Gasteiger partial charge in [0.25, 0.3) is 5.91 Å². The molecule has 0 saturated carbocycles. The van der Waals surface area contributed by atoms with Crippen molar-refractivity contribution in [1.29, 1.82) is 0 Å². The first kappa shape index (κ1) is 15.7. The van der Waals surface area contributed by atoms with Gasteiger partial charge in [0.15, 0.2) is 0 Å². The minimum absolute atomic E-state index is 0.365. The number of nitrogens with zero attached hydrogens (tertiary/aromatic N) is 2. The van der Waals surface area contributed by atoms with E-state index in [-0.39, 0.29) is 0 Å². The van der Waals surface area contributed by atoms with Crippen molar-refractivity contribution in [3.05, 3.63) is 65.5 Å². The predicted molar refractivity (Wildman–Crippen MR) is 91.3 cm³/mol. The van der Waals surface area contributed by atoms with Gasteiger partial charge in [-0.05, 0) is 43.5 Å². The minimum Gasteiger partial charge on any atom is -0.364 e. The summed E-state index contributed by atoms with van der Waals surface area (Å²) in [6.07, 6.45) is 3.36. The quantitative estimate of drug-likeness (QED) is 0.923. The standard InChI is InChI=1S/C19H23N3O/c20-19(23)18-10-4-9-17(21-18)16-8-5-12-22(14-16)13-11-15-6-2-1-3-7-15/h1-4,6-7,9-10,16H,5,8,11-14H2,(H2,20,23). The monoisotopic (exact) mass is 309 g/mol. The van der Waals surface area contributed by atoms with Gasteiger partial charge >= 0.3 is 0 Å². The van der Waals surface area contributed by atoms with Gasteiger partial charge in [-0.2, -0.15) is 0 Å². The number of hydrogen-bond acceptors (Lipinski definition) is 3. The third-order valence-electron chi connectivity index (χ3n) is 4.51. The highest BCUT2D eigenvalue weighted by atomic mass is 16.1. The number of primary amides is 1. The van der Waals surface area contributed by atoms with Gasteiger partial charge in [-0.1, -0.05) is 36.4 Å². The van der Waals surface area contributed by atoms with Crippen LogP contribution in [0.5, 0.6) is 0 Å². The Hall–Kier alpha value is -2.20. The third-order valence-corrected chi connectivity index (χ3v) is 4.51. The fourth-order valence-electron chi connectivity index (χ4n) is 3.25. The molecule has 3 rings (SSSR count). The summed E-state index contributed by atoms with van der Waals surface area (Å²) < 4.78 is 0. The van der Waals surface area contributed by atoms with Gasteiger partial charge in [0.05, 0.1) is 0 Å². The van der Waals surface area contributed by atoms with Gasteiger partial charge in [0.2, 0.25) is 0 Å². The zero-order valence-electron chi connectivity index (χ0n) is 13.3. The van der Waals surface area contributed by atoms with E-state index in [0.29, 0.717) is 11.6 Å². The van der Waals surface area contributed by atoms with Gasteiger partial charge in [0, 0.05) is 24.7 Å². The van der Waals surface area contributed by atoms with Crippen molar-refractivity contribution in [2.75, 3.05) is 19.6 Å². The Morgan fingerprint density at radius 1 is 1.17 bits per heavy atom. The van der Waals surface area contributed by atoms with E-state index in [0.717, 1.165) is 38.2 Å².